The number of rotatable bonds is 6. The van der Waals surface area contributed by atoms with Crippen molar-refractivity contribution in [3.63, 3.8) is 0 Å². The summed E-state index contributed by atoms with van der Waals surface area (Å²) >= 11 is 0. The van der Waals surface area contributed by atoms with Crippen LogP contribution in [0.1, 0.15) is 70.2 Å². The fraction of sp³-hybridized carbons (Fsp3) is 0.412. The number of nitrogens with one attached hydrogen (secondary N) is 1. The molecule has 1 aromatic heterocycles. The van der Waals surface area contributed by atoms with Crippen molar-refractivity contribution in [1.82, 2.24) is 13.9 Å². The standard InChI is InChI=1S/C34H41FN4O3S/c1-21(2)39-29-20-26(35)13-14-28(29)36-32(39)27-10-8-9-23(4)31(27)37-33(40)24-15-17-38(18-16-24)43(41,42)30-19-25(34(5,6)7)12-11-22(30)3/h8-14,19-21,24H,15-18H2,1-7H3,(H,37,40). The fourth-order valence-corrected chi connectivity index (χ4v) is 7.59. The molecular formula is C34H41FN4O3S. The number of carbonyl (C=O) groups excluding carboxylic acids is 1. The Labute approximate surface area is 254 Å². The van der Waals surface area contributed by atoms with E-state index in [1.807, 2.05) is 62.6 Å². The van der Waals surface area contributed by atoms with Crippen LogP contribution in [-0.2, 0) is 20.2 Å². The number of para-hydroxylation sites is 1. The summed E-state index contributed by atoms with van der Waals surface area (Å²) in [7, 11) is -3.70. The highest BCUT2D eigenvalue weighted by Gasteiger charge is 2.34. The molecule has 1 amide bonds. The highest BCUT2D eigenvalue weighted by Crippen LogP contribution is 2.36. The number of aryl methyl sites for hydroxylation is 2. The number of anilines is 1. The number of carbonyl (C=O) groups is 1. The Morgan fingerprint density at radius 3 is 2.35 bits per heavy atom. The lowest BCUT2D eigenvalue weighted by Crippen LogP contribution is -2.41. The number of halogens is 1. The van der Waals surface area contributed by atoms with E-state index in [4.69, 9.17) is 4.98 Å². The Morgan fingerprint density at radius 2 is 1.70 bits per heavy atom. The van der Waals surface area contributed by atoms with E-state index < -0.39 is 10.0 Å². The van der Waals surface area contributed by atoms with E-state index in [9.17, 15) is 17.6 Å². The summed E-state index contributed by atoms with van der Waals surface area (Å²) in [6.45, 7) is 14.5. The van der Waals surface area contributed by atoms with Crippen molar-refractivity contribution in [3.8, 4) is 11.4 Å². The molecule has 5 rings (SSSR count). The molecule has 228 valence electrons. The summed E-state index contributed by atoms with van der Waals surface area (Å²) < 4.78 is 45.0. The van der Waals surface area contributed by atoms with Crippen LogP contribution in [0, 0.1) is 25.6 Å². The number of sulfonamides is 1. The van der Waals surface area contributed by atoms with Gasteiger partial charge in [-0.2, -0.15) is 4.31 Å². The average molecular weight is 605 g/mol. The maximum atomic E-state index is 14.2. The summed E-state index contributed by atoms with van der Waals surface area (Å²) in [5.41, 5.74) is 5.19. The van der Waals surface area contributed by atoms with E-state index in [0.717, 1.165) is 22.3 Å². The zero-order valence-electron chi connectivity index (χ0n) is 26.0. The Balaban J connectivity index is 1.37. The minimum absolute atomic E-state index is 0.00451. The number of nitrogens with zero attached hydrogens (tertiary/aromatic N) is 3. The number of piperidine rings is 1. The SMILES string of the molecule is Cc1ccc(C(C)(C)C)cc1S(=O)(=O)N1CCC(C(=O)Nc2c(C)cccc2-c2nc3ccc(F)cc3n2C(C)C)CC1. The summed E-state index contributed by atoms with van der Waals surface area (Å²) in [5, 5.41) is 3.15. The number of imidazole rings is 1. The van der Waals surface area contributed by atoms with Crippen LogP contribution in [-0.4, -0.2) is 41.3 Å². The number of fused-ring (bicyclic) bond motifs is 1. The van der Waals surface area contributed by atoms with Crippen LogP contribution in [0.25, 0.3) is 22.4 Å². The van der Waals surface area contributed by atoms with Gasteiger partial charge in [0.25, 0.3) is 0 Å². The van der Waals surface area contributed by atoms with E-state index >= 15 is 0 Å². The highest BCUT2D eigenvalue weighted by atomic mass is 32.2. The quantitative estimate of drug-likeness (QED) is 0.249. The van der Waals surface area contributed by atoms with Crippen LogP contribution in [0.15, 0.2) is 59.5 Å². The van der Waals surface area contributed by atoms with E-state index in [0.29, 0.717) is 40.3 Å². The van der Waals surface area contributed by atoms with Crippen LogP contribution in [0.4, 0.5) is 10.1 Å². The molecule has 0 atom stereocenters. The third kappa shape index (κ3) is 5.97. The lowest BCUT2D eigenvalue weighted by atomic mass is 9.87. The number of amides is 1. The van der Waals surface area contributed by atoms with E-state index in [-0.39, 0.29) is 42.2 Å². The molecule has 0 bridgehead atoms. The fourth-order valence-electron chi connectivity index (χ4n) is 5.87. The van der Waals surface area contributed by atoms with Crippen LogP contribution in [0.2, 0.25) is 0 Å². The Bertz CT molecular complexity index is 1800. The van der Waals surface area contributed by atoms with Crippen LogP contribution < -0.4 is 5.32 Å². The molecule has 7 nitrogen and oxygen atoms in total. The van der Waals surface area contributed by atoms with Gasteiger partial charge in [0.05, 0.1) is 21.6 Å². The monoisotopic (exact) mass is 604 g/mol. The molecule has 1 aliphatic rings. The highest BCUT2D eigenvalue weighted by molar-refractivity contribution is 7.89. The first-order chi connectivity index (χ1) is 20.2. The Kier molecular flexibility index (Phi) is 8.26. The second kappa shape index (κ2) is 11.5. The lowest BCUT2D eigenvalue weighted by Gasteiger charge is -2.31. The average Bonchev–Trinajstić information content (AvgIpc) is 3.32. The minimum atomic E-state index is -3.70. The zero-order valence-corrected chi connectivity index (χ0v) is 26.8. The van der Waals surface area contributed by atoms with Crippen LogP contribution in [0.3, 0.4) is 0 Å². The molecule has 2 heterocycles. The van der Waals surface area contributed by atoms with Gasteiger partial charge in [-0.05, 0) is 93.0 Å². The summed E-state index contributed by atoms with van der Waals surface area (Å²) in [6.07, 6.45) is 0.849. The zero-order chi connectivity index (χ0) is 31.3. The van der Waals surface area contributed by atoms with Crippen molar-refractivity contribution in [3.05, 3.63) is 77.1 Å². The topological polar surface area (TPSA) is 84.3 Å². The first-order valence-electron chi connectivity index (χ1n) is 14.9. The van der Waals surface area contributed by atoms with E-state index in [2.05, 4.69) is 26.1 Å². The van der Waals surface area contributed by atoms with Gasteiger partial charge in [-0.3, -0.25) is 4.79 Å². The Hall–Kier alpha value is -3.56. The number of benzene rings is 3. The maximum Gasteiger partial charge on any atom is 0.243 e. The summed E-state index contributed by atoms with van der Waals surface area (Å²) in [4.78, 5) is 18.8. The van der Waals surface area contributed by atoms with E-state index in [1.54, 1.807) is 12.1 Å². The number of aromatic nitrogens is 2. The van der Waals surface area contributed by atoms with Gasteiger partial charge in [0.2, 0.25) is 15.9 Å². The summed E-state index contributed by atoms with van der Waals surface area (Å²) in [6, 6.07) is 16.0. The van der Waals surface area contributed by atoms with E-state index in [1.165, 1.54) is 16.4 Å². The molecule has 0 unspecified atom stereocenters. The van der Waals surface area contributed by atoms with Crippen LogP contribution >= 0.6 is 0 Å². The van der Waals surface area contributed by atoms with Crippen LogP contribution in [0.5, 0.6) is 0 Å². The molecule has 1 saturated heterocycles. The molecule has 43 heavy (non-hydrogen) atoms. The van der Waals surface area contributed by atoms with Crippen molar-refractivity contribution in [2.24, 2.45) is 5.92 Å². The molecular weight excluding hydrogens is 563 g/mol. The molecule has 9 heteroatoms. The van der Waals surface area contributed by atoms with Gasteiger partial charge in [-0.15, -0.1) is 0 Å². The molecule has 0 aliphatic carbocycles. The van der Waals surface area contributed by atoms with Gasteiger partial charge in [-0.25, -0.2) is 17.8 Å². The maximum absolute atomic E-state index is 14.2. The van der Waals surface area contributed by atoms with Gasteiger partial charge < -0.3 is 9.88 Å². The first kappa shape index (κ1) is 30.9. The lowest BCUT2D eigenvalue weighted by molar-refractivity contribution is -0.120. The van der Waals surface area contributed by atoms with Crippen molar-refractivity contribution in [2.75, 3.05) is 18.4 Å². The largest absolute Gasteiger partial charge is 0.325 e. The third-order valence-electron chi connectivity index (χ3n) is 8.43. The summed E-state index contributed by atoms with van der Waals surface area (Å²) in [5.74, 6) is -0.150. The molecule has 0 saturated carbocycles. The Morgan fingerprint density at radius 1 is 1.00 bits per heavy atom. The normalized spacial score (nSPS) is 15.4. The van der Waals surface area contributed by atoms with Crippen molar-refractivity contribution in [2.45, 2.75) is 77.7 Å². The van der Waals surface area contributed by atoms with Crippen molar-refractivity contribution in [1.29, 1.82) is 0 Å². The second-order valence-electron chi connectivity index (χ2n) is 12.9. The van der Waals surface area contributed by atoms with Crippen molar-refractivity contribution < 1.29 is 17.6 Å². The molecule has 0 spiro atoms. The molecule has 1 aliphatic heterocycles. The number of hydrogen-bond acceptors (Lipinski definition) is 4. The minimum Gasteiger partial charge on any atom is -0.325 e. The smallest absolute Gasteiger partial charge is 0.243 e. The second-order valence-corrected chi connectivity index (χ2v) is 14.8. The van der Waals surface area contributed by atoms with Gasteiger partial charge in [0, 0.05) is 30.6 Å². The molecule has 1 N–H and O–H groups in total. The van der Waals surface area contributed by atoms with Gasteiger partial charge in [0.1, 0.15) is 11.6 Å². The first-order valence-corrected chi connectivity index (χ1v) is 16.3. The molecule has 3 aromatic carbocycles. The van der Waals surface area contributed by atoms with Gasteiger partial charge in [0.15, 0.2) is 0 Å². The third-order valence-corrected chi connectivity index (χ3v) is 10.5. The molecule has 1 fully saturated rings. The van der Waals surface area contributed by atoms with Gasteiger partial charge in [-0.1, -0.05) is 45.0 Å². The predicted octanol–water partition coefficient (Wildman–Crippen LogP) is 7.38. The predicted molar refractivity (Wildman–Crippen MR) is 170 cm³/mol. The van der Waals surface area contributed by atoms with Crippen molar-refractivity contribution >= 4 is 32.7 Å². The molecule has 4 aromatic rings. The number of hydrogen-bond donors (Lipinski definition) is 1. The van der Waals surface area contributed by atoms with Gasteiger partial charge >= 0.3 is 0 Å². The molecule has 0 radical (unpaired) electrons.